The zero-order valence-electron chi connectivity index (χ0n) is 21.7. The van der Waals surface area contributed by atoms with Crippen molar-refractivity contribution in [3.05, 3.63) is 0 Å². The van der Waals surface area contributed by atoms with Crippen LogP contribution in [0.25, 0.3) is 0 Å². The second-order valence-electron chi connectivity index (χ2n) is 9.91. The van der Waals surface area contributed by atoms with Crippen molar-refractivity contribution in [2.45, 2.75) is 168 Å². The molecular weight excluding hydrogens is 386 g/mol. The second-order valence-corrected chi connectivity index (χ2v) is 9.91. The largest absolute Gasteiger partial charge is 0.306 e. The highest BCUT2D eigenvalue weighted by Gasteiger charge is 2.10. The van der Waals surface area contributed by atoms with Gasteiger partial charge in [0.25, 0.3) is 0 Å². The monoisotopic (exact) mass is 445 g/mol. The van der Waals surface area contributed by atoms with E-state index in [0.717, 1.165) is 6.04 Å². The van der Waals surface area contributed by atoms with Crippen molar-refractivity contribution in [2.75, 3.05) is 14.1 Å². The van der Waals surface area contributed by atoms with Gasteiger partial charge in [-0.1, -0.05) is 149 Å². The molecule has 0 heterocycles. The van der Waals surface area contributed by atoms with E-state index in [4.69, 9.17) is 0 Å². The van der Waals surface area contributed by atoms with Gasteiger partial charge in [0.05, 0.1) is 0 Å². The van der Waals surface area contributed by atoms with Crippen LogP contribution in [0, 0.1) is 0 Å². The lowest BCUT2D eigenvalue weighted by Gasteiger charge is -2.24. The van der Waals surface area contributed by atoms with Gasteiger partial charge in [0, 0.05) is 6.04 Å². The summed E-state index contributed by atoms with van der Waals surface area (Å²) in [6, 6.07) is 0.822. The summed E-state index contributed by atoms with van der Waals surface area (Å²) >= 11 is 0. The van der Waals surface area contributed by atoms with Crippen LogP contribution in [0.15, 0.2) is 0 Å². The summed E-state index contributed by atoms with van der Waals surface area (Å²) in [7, 11) is 4.58. The summed E-state index contributed by atoms with van der Waals surface area (Å²) in [6.45, 7) is 4.61. The lowest BCUT2D eigenvalue weighted by molar-refractivity contribution is 0.251. The molecule has 0 aliphatic rings. The summed E-state index contributed by atoms with van der Waals surface area (Å²) in [5.74, 6) is 0. The minimum absolute atomic E-state index is 0. The molecule has 0 amide bonds. The van der Waals surface area contributed by atoms with Gasteiger partial charge in [0.2, 0.25) is 0 Å². The van der Waals surface area contributed by atoms with Crippen molar-refractivity contribution in [2.24, 2.45) is 0 Å². The molecule has 30 heavy (non-hydrogen) atoms. The molecule has 0 aromatic heterocycles. The number of nitrogens with zero attached hydrogens (tertiary/aromatic N) is 1. The van der Waals surface area contributed by atoms with Crippen molar-refractivity contribution in [3.8, 4) is 0 Å². The van der Waals surface area contributed by atoms with Crippen LogP contribution in [0.5, 0.6) is 0 Å². The van der Waals surface area contributed by atoms with E-state index in [1.807, 2.05) is 0 Å². The fraction of sp³-hybridized carbons (Fsp3) is 1.00. The summed E-state index contributed by atoms with van der Waals surface area (Å²) in [5.41, 5.74) is 0. The van der Waals surface area contributed by atoms with Crippen LogP contribution in [-0.2, 0) is 0 Å². The predicted molar refractivity (Wildman–Crippen MR) is 142 cm³/mol. The Hall–Kier alpha value is 0.250. The molecule has 0 radical (unpaired) electrons. The van der Waals surface area contributed by atoms with Gasteiger partial charge < -0.3 is 4.90 Å². The maximum absolute atomic E-state index is 2.49. The average Bonchev–Trinajstić information content (AvgIpc) is 2.71. The number of hydrogen-bond donors (Lipinski definition) is 0. The second kappa shape index (κ2) is 27.3. The van der Waals surface area contributed by atoms with Crippen LogP contribution in [0.3, 0.4) is 0 Å². The summed E-state index contributed by atoms with van der Waals surface area (Å²) in [4.78, 5) is 2.49. The third kappa shape index (κ3) is 24.5. The van der Waals surface area contributed by atoms with Crippen molar-refractivity contribution in [3.63, 3.8) is 0 Å². The fourth-order valence-electron chi connectivity index (χ4n) is 4.57. The highest BCUT2D eigenvalue weighted by molar-refractivity contribution is 5.85. The Balaban J connectivity index is 0. The molecule has 0 aliphatic heterocycles. The normalized spacial score (nSPS) is 12.3. The lowest BCUT2D eigenvalue weighted by Crippen LogP contribution is -2.27. The summed E-state index contributed by atoms with van der Waals surface area (Å²) < 4.78 is 0. The molecule has 0 saturated carbocycles. The Morgan fingerprint density at radius 2 is 0.633 bits per heavy atom. The summed E-state index contributed by atoms with van der Waals surface area (Å²) in [6.07, 6.45) is 33.3. The van der Waals surface area contributed by atoms with Crippen molar-refractivity contribution in [1.29, 1.82) is 0 Å². The van der Waals surface area contributed by atoms with E-state index < -0.39 is 0 Å². The first kappa shape index (κ1) is 32.4. The first-order valence-corrected chi connectivity index (χ1v) is 13.9. The molecule has 2 heteroatoms. The first-order valence-electron chi connectivity index (χ1n) is 13.9. The molecule has 0 aromatic rings. The quantitative estimate of drug-likeness (QED) is 0.133. The van der Waals surface area contributed by atoms with Gasteiger partial charge in [-0.3, -0.25) is 0 Å². The molecule has 0 spiro atoms. The minimum Gasteiger partial charge on any atom is -0.306 e. The lowest BCUT2D eigenvalue weighted by atomic mass is 9.99. The van der Waals surface area contributed by atoms with Crippen LogP contribution in [0.2, 0.25) is 0 Å². The topological polar surface area (TPSA) is 3.24 Å². The van der Waals surface area contributed by atoms with Crippen LogP contribution in [0.1, 0.15) is 162 Å². The van der Waals surface area contributed by atoms with Crippen LogP contribution in [-0.4, -0.2) is 25.0 Å². The predicted octanol–water partition coefficient (Wildman–Crippen LogP) is 10.4. The molecular formula is C28H60ClN. The highest BCUT2D eigenvalue weighted by Crippen LogP contribution is 2.18. The van der Waals surface area contributed by atoms with Gasteiger partial charge in [-0.05, 0) is 26.9 Å². The van der Waals surface area contributed by atoms with Crippen LogP contribution in [0.4, 0.5) is 0 Å². The molecule has 0 rings (SSSR count). The van der Waals surface area contributed by atoms with Gasteiger partial charge in [0.1, 0.15) is 0 Å². The van der Waals surface area contributed by atoms with Crippen LogP contribution < -0.4 is 0 Å². The minimum atomic E-state index is 0. The third-order valence-electron chi connectivity index (χ3n) is 6.76. The zero-order valence-corrected chi connectivity index (χ0v) is 22.5. The molecule has 1 unspecified atom stereocenters. The first-order chi connectivity index (χ1) is 14.2. The van der Waals surface area contributed by atoms with Gasteiger partial charge in [-0.2, -0.15) is 0 Å². The molecule has 1 nitrogen and oxygen atoms in total. The SMILES string of the molecule is CCCCCCCCCCCCCCC(CCCCCCCCCCC)N(C)C.Cl. The molecule has 184 valence electrons. The molecule has 1 atom stereocenters. The van der Waals surface area contributed by atoms with Gasteiger partial charge in [0.15, 0.2) is 0 Å². The van der Waals surface area contributed by atoms with Gasteiger partial charge >= 0.3 is 0 Å². The maximum Gasteiger partial charge on any atom is 0.00891 e. The Labute approximate surface area is 199 Å². The standard InChI is InChI=1S/C28H59N.ClH/c1-5-7-9-11-13-15-16-17-19-21-23-25-27-28(29(3)4)26-24-22-20-18-14-12-10-8-6-2;/h28H,5-27H2,1-4H3;1H. The zero-order chi connectivity index (χ0) is 21.4. The highest BCUT2D eigenvalue weighted by atomic mass is 35.5. The molecule has 0 bridgehead atoms. The van der Waals surface area contributed by atoms with Gasteiger partial charge in [-0.15, -0.1) is 12.4 Å². The Bertz CT molecular complexity index is 292. The molecule has 0 aromatic carbocycles. The molecule has 0 N–H and O–H groups in total. The van der Waals surface area contributed by atoms with Crippen LogP contribution >= 0.6 is 12.4 Å². The summed E-state index contributed by atoms with van der Waals surface area (Å²) in [5, 5.41) is 0. The number of halogens is 1. The smallest absolute Gasteiger partial charge is 0.00891 e. The van der Waals surface area contributed by atoms with E-state index in [1.54, 1.807) is 0 Å². The van der Waals surface area contributed by atoms with E-state index in [1.165, 1.54) is 148 Å². The Morgan fingerprint density at radius 3 is 0.867 bits per heavy atom. The van der Waals surface area contributed by atoms with Gasteiger partial charge in [-0.25, -0.2) is 0 Å². The van der Waals surface area contributed by atoms with Crippen molar-refractivity contribution >= 4 is 12.4 Å². The number of rotatable bonds is 24. The average molecular weight is 446 g/mol. The molecule has 0 fully saturated rings. The number of hydrogen-bond acceptors (Lipinski definition) is 1. The van der Waals surface area contributed by atoms with Crippen molar-refractivity contribution < 1.29 is 0 Å². The van der Waals surface area contributed by atoms with E-state index in [9.17, 15) is 0 Å². The third-order valence-corrected chi connectivity index (χ3v) is 6.76. The fourth-order valence-corrected chi connectivity index (χ4v) is 4.57. The van der Waals surface area contributed by atoms with Crippen molar-refractivity contribution in [1.82, 2.24) is 4.90 Å². The van der Waals surface area contributed by atoms with E-state index in [0.29, 0.717) is 0 Å². The maximum atomic E-state index is 2.49. The van der Waals surface area contributed by atoms with E-state index in [2.05, 4.69) is 32.8 Å². The van der Waals surface area contributed by atoms with E-state index in [-0.39, 0.29) is 12.4 Å². The van der Waals surface area contributed by atoms with E-state index >= 15 is 0 Å². The molecule has 0 saturated heterocycles. The molecule has 0 aliphatic carbocycles. The Morgan fingerprint density at radius 1 is 0.400 bits per heavy atom. The Kier molecular flexibility index (Phi) is 29.5. The number of unbranched alkanes of at least 4 members (excludes halogenated alkanes) is 19.